The van der Waals surface area contributed by atoms with Gasteiger partial charge in [0, 0.05) is 13.3 Å². The zero-order valence-corrected chi connectivity index (χ0v) is 11.5. The van der Waals surface area contributed by atoms with Gasteiger partial charge in [-0.25, -0.2) is 13.6 Å². The maximum atomic E-state index is 12.7. The Morgan fingerprint density at radius 3 is 2.40 bits per heavy atom. The second-order valence-electron chi connectivity index (χ2n) is 7.08. The van der Waals surface area contributed by atoms with Crippen LogP contribution in [0.25, 0.3) is 0 Å². The van der Waals surface area contributed by atoms with Gasteiger partial charge in [0.1, 0.15) is 5.60 Å². The summed E-state index contributed by atoms with van der Waals surface area (Å²) in [5.41, 5.74) is -1.46. The van der Waals surface area contributed by atoms with E-state index in [0.29, 0.717) is 38.0 Å². The molecule has 4 bridgehead atoms. The molecular formula is C14H20F2O4. The van der Waals surface area contributed by atoms with Gasteiger partial charge >= 0.3 is 6.16 Å². The first-order valence-corrected chi connectivity index (χ1v) is 7.13. The van der Waals surface area contributed by atoms with Crippen molar-refractivity contribution in [2.24, 2.45) is 11.8 Å². The Morgan fingerprint density at radius 2 is 1.90 bits per heavy atom. The third kappa shape index (κ3) is 2.75. The molecular weight excluding hydrogens is 270 g/mol. The molecule has 0 aromatic carbocycles. The average molecular weight is 290 g/mol. The fourth-order valence-corrected chi connectivity index (χ4v) is 4.64. The average Bonchev–Trinajstić information content (AvgIpc) is 2.21. The van der Waals surface area contributed by atoms with Crippen LogP contribution in [-0.2, 0) is 9.47 Å². The SMILES string of the molecule is CC(F)(F)COC(=O)OC12CC3CC(CC(O)(C3)C1)C2. The van der Waals surface area contributed by atoms with Crippen molar-refractivity contribution in [2.45, 2.75) is 62.6 Å². The largest absolute Gasteiger partial charge is 0.509 e. The van der Waals surface area contributed by atoms with Crippen LogP contribution in [-0.4, -0.2) is 35.0 Å². The third-order valence-electron chi connectivity index (χ3n) is 4.72. The van der Waals surface area contributed by atoms with Crippen molar-refractivity contribution in [1.29, 1.82) is 0 Å². The molecule has 4 fully saturated rings. The summed E-state index contributed by atoms with van der Waals surface area (Å²) in [7, 11) is 0. The molecule has 0 aromatic rings. The lowest BCUT2D eigenvalue weighted by Crippen LogP contribution is -2.60. The third-order valence-corrected chi connectivity index (χ3v) is 4.72. The maximum absolute atomic E-state index is 12.7. The number of rotatable bonds is 3. The smallest absolute Gasteiger partial charge is 0.428 e. The van der Waals surface area contributed by atoms with E-state index in [2.05, 4.69) is 4.74 Å². The Labute approximate surface area is 116 Å². The maximum Gasteiger partial charge on any atom is 0.509 e. The van der Waals surface area contributed by atoms with Crippen molar-refractivity contribution in [1.82, 2.24) is 0 Å². The minimum atomic E-state index is -3.06. The normalized spacial score (nSPS) is 42.6. The van der Waals surface area contributed by atoms with E-state index in [0.717, 1.165) is 19.3 Å². The van der Waals surface area contributed by atoms with Gasteiger partial charge < -0.3 is 14.6 Å². The standard InChI is InChI=1S/C14H20F2O4/c1-12(15,16)8-19-11(17)20-14-5-9-2-10(6-14)4-13(18,3-9)7-14/h9-10,18H,2-8H2,1H3. The van der Waals surface area contributed by atoms with Crippen molar-refractivity contribution in [3.05, 3.63) is 0 Å². The fraction of sp³-hybridized carbons (Fsp3) is 0.929. The summed E-state index contributed by atoms with van der Waals surface area (Å²) in [6, 6.07) is 0. The van der Waals surface area contributed by atoms with Gasteiger partial charge in [-0.15, -0.1) is 0 Å². The lowest BCUT2D eigenvalue weighted by atomic mass is 9.52. The summed E-state index contributed by atoms with van der Waals surface area (Å²) in [6.07, 6.45) is 3.37. The van der Waals surface area contributed by atoms with E-state index in [1.54, 1.807) is 0 Å². The van der Waals surface area contributed by atoms with Crippen LogP contribution >= 0.6 is 0 Å². The number of hydrogen-bond acceptors (Lipinski definition) is 4. The Balaban J connectivity index is 1.64. The molecule has 0 aliphatic heterocycles. The van der Waals surface area contributed by atoms with E-state index in [4.69, 9.17) is 4.74 Å². The molecule has 0 aromatic heterocycles. The highest BCUT2D eigenvalue weighted by molar-refractivity contribution is 5.60. The molecule has 20 heavy (non-hydrogen) atoms. The van der Waals surface area contributed by atoms with E-state index >= 15 is 0 Å². The van der Waals surface area contributed by atoms with Gasteiger partial charge in [0.15, 0.2) is 6.61 Å². The van der Waals surface area contributed by atoms with Crippen LogP contribution < -0.4 is 0 Å². The Kier molecular flexibility index (Phi) is 3.01. The van der Waals surface area contributed by atoms with Crippen molar-refractivity contribution in [3.8, 4) is 0 Å². The molecule has 4 aliphatic carbocycles. The van der Waals surface area contributed by atoms with Crippen LogP contribution in [0.15, 0.2) is 0 Å². The molecule has 0 amide bonds. The van der Waals surface area contributed by atoms with E-state index in [-0.39, 0.29) is 0 Å². The van der Waals surface area contributed by atoms with Crippen LogP contribution in [0.2, 0.25) is 0 Å². The molecule has 2 unspecified atom stereocenters. The number of aliphatic hydroxyl groups is 1. The first-order chi connectivity index (χ1) is 9.17. The van der Waals surface area contributed by atoms with Crippen LogP contribution in [0.5, 0.6) is 0 Å². The van der Waals surface area contributed by atoms with Crippen molar-refractivity contribution in [2.75, 3.05) is 6.61 Å². The lowest BCUT2D eigenvalue weighted by molar-refractivity contribution is -0.207. The quantitative estimate of drug-likeness (QED) is 0.812. The number of ether oxygens (including phenoxy) is 2. The van der Waals surface area contributed by atoms with E-state index in [9.17, 15) is 18.7 Å². The second-order valence-corrected chi connectivity index (χ2v) is 7.08. The molecule has 4 nitrogen and oxygen atoms in total. The first-order valence-electron chi connectivity index (χ1n) is 7.13. The van der Waals surface area contributed by atoms with Gasteiger partial charge in [-0.05, 0) is 43.9 Å². The zero-order chi connectivity index (χ0) is 14.6. The summed E-state index contributed by atoms with van der Waals surface area (Å²) in [5.74, 6) is -2.33. The van der Waals surface area contributed by atoms with Gasteiger partial charge in [-0.1, -0.05) is 0 Å². The Bertz CT molecular complexity index is 404. The number of halogens is 2. The number of alkyl halides is 2. The molecule has 2 atom stereocenters. The molecule has 4 saturated carbocycles. The number of carbonyl (C=O) groups excluding carboxylic acids is 1. The lowest BCUT2D eigenvalue weighted by Gasteiger charge is -2.58. The second kappa shape index (κ2) is 4.29. The first kappa shape index (κ1) is 14.0. The van der Waals surface area contributed by atoms with E-state index < -0.39 is 29.9 Å². The minimum absolute atomic E-state index is 0.363. The Morgan fingerprint density at radius 1 is 1.30 bits per heavy atom. The highest BCUT2D eigenvalue weighted by Gasteiger charge is 2.59. The molecule has 4 aliphatic rings. The highest BCUT2D eigenvalue weighted by Crippen LogP contribution is 2.58. The van der Waals surface area contributed by atoms with Gasteiger partial charge in [0.25, 0.3) is 5.92 Å². The zero-order valence-electron chi connectivity index (χ0n) is 11.5. The molecule has 0 saturated heterocycles. The fourth-order valence-electron chi connectivity index (χ4n) is 4.64. The molecule has 0 heterocycles. The minimum Gasteiger partial charge on any atom is -0.428 e. The molecule has 0 radical (unpaired) electrons. The summed E-state index contributed by atoms with van der Waals surface area (Å²) < 4.78 is 35.2. The van der Waals surface area contributed by atoms with Crippen molar-refractivity contribution >= 4 is 6.16 Å². The van der Waals surface area contributed by atoms with Gasteiger partial charge in [0.05, 0.1) is 5.60 Å². The molecule has 114 valence electrons. The van der Waals surface area contributed by atoms with Crippen molar-refractivity contribution < 1.29 is 28.2 Å². The topological polar surface area (TPSA) is 55.8 Å². The number of hydrogen-bond donors (Lipinski definition) is 1. The van der Waals surface area contributed by atoms with Crippen LogP contribution in [0.1, 0.15) is 45.4 Å². The summed E-state index contributed by atoms with van der Waals surface area (Å²) in [6.45, 7) is -0.285. The van der Waals surface area contributed by atoms with Crippen LogP contribution in [0.4, 0.5) is 13.6 Å². The van der Waals surface area contributed by atoms with Crippen LogP contribution in [0, 0.1) is 11.8 Å². The monoisotopic (exact) mass is 290 g/mol. The molecule has 6 heteroatoms. The summed E-state index contributed by atoms with van der Waals surface area (Å²) in [4.78, 5) is 11.6. The van der Waals surface area contributed by atoms with E-state index in [1.807, 2.05) is 0 Å². The predicted octanol–water partition coefficient (Wildman–Crippen LogP) is 2.88. The van der Waals surface area contributed by atoms with Gasteiger partial charge in [0.2, 0.25) is 0 Å². The summed E-state index contributed by atoms with van der Waals surface area (Å²) >= 11 is 0. The molecule has 1 N–H and O–H groups in total. The predicted molar refractivity (Wildman–Crippen MR) is 65.4 cm³/mol. The summed E-state index contributed by atoms with van der Waals surface area (Å²) in [5, 5.41) is 10.5. The van der Waals surface area contributed by atoms with Crippen LogP contribution in [0.3, 0.4) is 0 Å². The number of carbonyl (C=O) groups is 1. The van der Waals surface area contributed by atoms with E-state index in [1.165, 1.54) is 0 Å². The van der Waals surface area contributed by atoms with Gasteiger partial charge in [-0.3, -0.25) is 0 Å². The Hall–Kier alpha value is -0.910. The van der Waals surface area contributed by atoms with Gasteiger partial charge in [-0.2, -0.15) is 0 Å². The van der Waals surface area contributed by atoms with Crippen molar-refractivity contribution in [3.63, 3.8) is 0 Å². The molecule has 4 rings (SSSR count). The highest BCUT2D eigenvalue weighted by atomic mass is 19.3. The molecule has 0 spiro atoms.